The summed E-state index contributed by atoms with van der Waals surface area (Å²) in [4.78, 5) is 26.0. The van der Waals surface area contributed by atoms with E-state index in [9.17, 15) is 46.1 Å². The third kappa shape index (κ3) is 16.1. The molecule has 0 heterocycles. The summed E-state index contributed by atoms with van der Waals surface area (Å²) in [6, 6.07) is 26.0. The second-order valence-electron chi connectivity index (χ2n) is 10.00. The maximum absolute atomic E-state index is 13.3. The van der Waals surface area contributed by atoms with E-state index in [2.05, 4.69) is 10.3 Å². The first-order valence-electron chi connectivity index (χ1n) is 13.9. The van der Waals surface area contributed by atoms with Crippen molar-refractivity contribution in [3.05, 3.63) is 144 Å². The van der Waals surface area contributed by atoms with E-state index in [4.69, 9.17) is 0 Å². The number of nitrogens with zero attached hydrogens (tertiary/aromatic N) is 1. The normalized spacial score (nSPS) is 13.1. The minimum absolute atomic E-state index is 0. The minimum atomic E-state index is -4.76. The predicted molar refractivity (Wildman–Crippen MR) is 169 cm³/mol. The monoisotopic (exact) mass is 720 g/mol. The SMILES string of the molecule is O=C(O)[C@H](Cc1ccccc1)N[C@H](c1ccccc1)C(F)(F)F.O=C([O-])[C@H](Cc1ccccc1)N=C(c1ccccc1)C(F)(F)F.[BH4-].[K+].[Na+]. The summed E-state index contributed by atoms with van der Waals surface area (Å²) in [7, 11) is 0. The van der Waals surface area contributed by atoms with Crippen LogP contribution in [0.3, 0.4) is 0 Å². The number of nitrogens with one attached hydrogen (secondary N) is 1. The summed E-state index contributed by atoms with van der Waals surface area (Å²) in [5.74, 6) is -2.97. The van der Waals surface area contributed by atoms with Crippen molar-refractivity contribution >= 4 is 26.1 Å². The van der Waals surface area contributed by atoms with Crippen LogP contribution in [-0.4, -0.2) is 55.6 Å². The van der Waals surface area contributed by atoms with Crippen LogP contribution in [0, 0.1) is 0 Å². The van der Waals surface area contributed by atoms with Gasteiger partial charge >= 0.3 is 99.3 Å². The van der Waals surface area contributed by atoms with Gasteiger partial charge in [-0.1, -0.05) is 130 Å². The van der Waals surface area contributed by atoms with Gasteiger partial charge in [-0.25, -0.2) is 0 Å². The second kappa shape index (κ2) is 22.5. The molecule has 4 aromatic rings. The molecule has 250 valence electrons. The van der Waals surface area contributed by atoms with Crippen molar-refractivity contribution in [2.75, 3.05) is 0 Å². The summed E-state index contributed by atoms with van der Waals surface area (Å²) in [5, 5.41) is 22.7. The molecule has 0 aromatic heterocycles. The van der Waals surface area contributed by atoms with Crippen LogP contribution >= 0.6 is 0 Å². The maximum atomic E-state index is 13.3. The molecule has 2 N–H and O–H groups in total. The molecule has 3 atom stereocenters. The van der Waals surface area contributed by atoms with E-state index in [0.29, 0.717) is 11.1 Å². The molecule has 4 aromatic carbocycles. The maximum Gasteiger partial charge on any atom is 1.00 e. The minimum Gasteiger partial charge on any atom is -0.548 e. The van der Waals surface area contributed by atoms with Crippen LogP contribution in [0.1, 0.15) is 28.3 Å². The van der Waals surface area contributed by atoms with Gasteiger partial charge in [-0.3, -0.25) is 15.1 Å². The largest absolute Gasteiger partial charge is 1.00 e. The van der Waals surface area contributed by atoms with E-state index >= 15 is 0 Å². The fraction of sp³-hybridized carbons (Fsp3) is 0.206. The molecule has 49 heavy (non-hydrogen) atoms. The molecule has 0 spiro atoms. The van der Waals surface area contributed by atoms with Crippen molar-refractivity contribution in [2.24, 2.45) is 4.99 Å². The number of carboxylic acid groups (broad SMARTS) is 2. The number of carbonyl (C=O) groups excluding carboxylic acids is 1. The predicted octanol–water partition coefficient (Wildman–Crippen LogP) is -1.47. The van der Waals surface area contributed by atoms with Crippen molar-refractivity contribution in [1.29, 1.82) is 0 Å². The van der Waals surface area contributed by atoms with Gasteiger partial charge in [0.1, 0.15) is 17.8 Å². The van der Waals surface area contributed by atoms with Gasteiger partial charge in [0.05, 0.1) is 12.0 Å². The fourth-order valence-electron chi connectivity index (χ4n) is 4.38. The van der Waals surface area contributed by atoms with Crippen molar-refractivity contribution in [1.82, 2.24) is 5.32 Å². The van der Waals surface area contributed by atoms with Crippen molar-refractivity contribution in [2.45, 2.75) is 43.3 Å². The summed E-state index contributed by atoms with van der Waals surface area (Å²) in [5.41, 5.74) is -0.191. The van der Waals surface area contributed by atoms with E-state index in [-0.39, 0.29) is 113 Å². The van der Waals surface area contributed by atoms with Gasteiger partial charge in [-0.05, 0) is 23.1 Å². The van der Waals surface area contributed by atoms with Gasteiger partial charge < -0.3 is 15.0 Å². The molecule has 0 saturated carbocycles. The van der Waals surface area contributed by atoms with Gasteiger partial charge in [0.15, 0.2) is 0 Å². The van der Waals surface area contributed by atoms with E-state index < -0.39 is 48.1 Å². The van der Waals surface area contributed by atoms with Crippen LogP contribution < -0.4 is 91.4 Å². The number of carbonyl (C=O) groups is 2. The first kappa shape index (κ1) is 46.7. The number of rotatable bonds is 11. The summed E-state index contributed by atoms with van der Waals surface area (Å²) in [6.45, 7) is 0. The van der Waals surface area contributed by atoms with Gasteiger partial charge in [-0.15, -0.1) is 0 Å². The Bertz CT molecular complexity index is 1570. The second-order valence-corrected chi connectivity index (χ2v) is 10.00. The summed E-state index contributed by atoms with van der Waals surface area (Å²) >= 11 is 0. The molecular weight excluding hydrogens is 687 g/mol. The Balaban J connectivity index is 0.000000886. The van der Waals surface area contributed by atoms with Crippen LogP contribution in [0.2, 0.25) is 0 Å². The van der Waals surface area contributed by atoms with Gasteiger partial charge in [0.2, 0.25) is 0 Å². The molecule has 0 aliphatic heterocycles. The molecule has 0 bridgehead atoms. The zero-order valence-corrected chi connectivity index (χ0v) is 31.2. The Morgan fingerprint density at radius 2 is 1.12 bits per heavy atom. The number of alkyl halides is 6. The number of hydrogen-bond acceptors (Lipinski definition) is 5. The van der Waals surface area contributed by atoms with Crippen LogP contribution in [0.5, 0.6) is 0 Å². The van der Waals surface area contributed by atoms with E-state index in [1.165, 1.54) is 48.5 Å². The molecule has 0 fully saturated rings. The summed E-state index contributed by atoms with van der Waals surface area (Å²) in [6.07, 6.45) is -9.55. The zero-order chi connectivity index (χ0) is 33.7. The summed E-state index contributed by atoms with van der Waals surface area (Å²) < 4.78 is 79.6. The molecule has 0 unspecified atom stereocenters. The molecule has 0 radical (unpaired) electrons. The Hall–Kier alpha value is -2.27. The van der Waals surface area contributed by atoms with Gasteiger partial charge in [-0.2, -0.15) is 26.3 Å². The Kier molecular flexibility index (Phi) is 21.5. The van der Waals surface area contributed by atoms with Crippen LogP contribution in [0.15, 0.2) is 126 Å². The molecule has 4 rings (SSSR count). The third-order valence-corrected chi connectivity index (χ3v) is 6.55. The molecule has 0 saturated heterocycles. The number of halogens is 6. The van der Waals surface area contributed by atoms with Crippen LogP contribution in [0.25, 0.3) is 0 Å². The number of benzene rings is 4. The molecule has 15 heteroatoms. The topological polar surface area (TPSA) is 102 Å². The van der Waals surface area contributed by atoms with E-state index in [0.717, 1.165) is 0 Å². The van der Waals surface area contributed by atoms with E-state index in [1.807, 2.05) is 0 Å². The molecule has 0 amide bonds. The Labute approximate surface area is 346 Å². The molecule has 0 aliphatic rings. The van der Waals surface area contributed by atoms with Crippen LogP contribution in [0.4, 0.5) is 26.3 Å². The van der Waals surface area contributed by atoms with Gasteiger partial charge in [0, 0.05) is 12.0 Å². The van der Waals surface area contributed by atoms with Crippen molar-refractivity contribution in [3.8, 4) is 0 Å². The number of carboxylic acids is 2. The quantitative estimate of drug-likeness (QED) is 0.112. The average molecular weight is 721 g/mol. The number of hydrogen-bond donors (Lipinski definition) is 2. The zero-order valence-electron chi connectivity index (χ0n) is 26.1. The number of aliphatic imine (C=N–C) groups is 1. The fourth-order valence-corrected chi connectivity index (χ4v) is 4.38. The number of aliphatic carboxylic acids is 2. The standard InChI is InChI=1S/C17H16F3NO2.C17H14F3NO2.BH4.K.Na/c2*18-17(19,20)15(13-9-5-2-6-10-13)21-14(16(22)23)11-12-7-3-1-4-8-12;;;/h1-10,14-15,21H,11H2,(H,22,23);1-10,14H,11H2,(H,22,23);1H4;;/q;;-1;2*+1/p-1/t14-,15+;14-;;;/m00.../s1. The van der Waals surface area contributed by atoms with E-state index in [1.54, 1.807) is 72.8 Å². The smallest absolute Gasteiger partial charge is 0.548 e. The van der Waals surface area contributed by atoms with Crippen molar-refractivity contribution < 1.29 is 127 Å². The van der Waals surface area contributed by atoms with Crippen LogP contribution in [-0.2, 0) is 22.4 Å². The Morgan fingerprint density at radius 1 is 0.714 bits per heavy atom. The van der Waals surface area contributed by atoms with Gasteiger partial charge in [0.25, 0.3) is 0 Å². The molecule has 0 aliphatic carbocycles. The van der Waals surface area contributed by atoms with Crippen molar-refractivity contribution in [3.63, 3.8) is 0 Å². The first-order chi connectivity index (χ1) is 21.8. The molecule has 6 nitrogen and oxygen atoms in total. The average Bonchev–Trinajstić information content (AvgIpc) is 3.02. The third-order valence-electron chi connectivity index (χ3n) is 6.55. The Morgan fingerprint density at radius 3 is 1.51 bits per heavy atom. The molecular formula is C34H33BF6KN2NaO4. The first-order valence-corrected chi connectivity index (χ1v) is 13.9.